The molecule has 8 rings (SSSR count). The Hall–Kier alpha value is -0.930. The predicted octanol–water partition coefficient (Wildman–Crippen LogP) is 8.29. The van der Waals surface area contributed by atoms with Gasteiger partial charge in [0, 0.05) is 13.5 Å². The van der Waals surface area contributed by atoms with Crippen molar-refractivity contribution in [2.75, 3.05) is 20.5 Å². The molecule has 8 heteroatoms. The minimum absolute atomic E-state index is 0.0981. The van der Waals surface area contributed by atoms with Gasteiger partial charge in [-0.3, -0.25) is 0 Å². The molecule has 0 radical (unpaired) electrons. The van der Waals surface area contributed by atoms with Crippen molar-refractivity contribution in [2.24, 2.45) is 57.2 Å². The maximum atomic E-state index is 12.3. The Morgan fingerprint density at radius 1 is 0.917 bits per heavy atom. The number of hydrogen-bond donors (Lipinski definition) is 0. The van der Waals surface area contributed by atoms with E-state index in [1.807, 2.05) is 13.8 Å². The van der Waals surface area contributed by atoms with E-state index in [-0.39, 0.29) is 36.1 Å². The fraction of sp³-hybridized carbons (Fsp3) is 0.975. The Morgan fingerprint density at radius 2 is 1.71 bits per heavy atom. The maximum Gasteiger partial charge on any atom is 0.509 e. The average molecular weight is 673 g/mol. The van der Waals surface area contributed by atoms with Crippen molar-refractivity contribution < 1.29 is 38.0 Å². The van der Waals surface area contributed by atoms with Crippen LogP contribution in [0.1, 0.15) is 126 Å². The first-order chi connectivity index (χ1) is 22.7. The van der Waals surface area contributed by atoms with Gasteiger partial charge >= 0.3 is 6.16 Å². The van der Waals surface area contributed by atoms with Gasteiger partial charge in [0.15, 0.2) is 12.4 Å². The number of carbonyl (C=O) groups is 1. The van der Waals surface area contributed by atoms with Crippen molar-refractivity contribution in [1.29, 1.82) is 0 Å². The summed E-state index contributed by atoms with van der Waals surface area (Å²) in [5.41, 5.74) is 0.0321. The van der Waals surface area contributed by atoms with Crippen molar-refractivity contribution in [3.63, 3.8) is 0 Å². The highest BCUT2D eigenvalue weighted by Crippen LogP contribution is 2.90. The Morgan fingerprint density at radius 3 is 2.42 bits per heavy atom. The summed E-state index contributed by atoms with van der Waals surface area (Å²) >= 11 is 0. The van der Waals surface area contributed by atoms with Crippen LogP contribution in [0.15, 0.2) is 0 Å². The lowest BCUT2D eigenvalue weighted by atomic mass is 9.46. The van der Waals surface area contributed by atoms with Gasteiger partial charge in [-0.15, -0.1) is 0 Å². The first-order valence-electron chi connectivity index (χ1n) is 19.6. The minimum atomic E-state index is -0.692. The van der Waals surface area contributed by atoms with Gasteiger partial charge in [-0.1, -0.05) is 41.0 Å². The molecular weight excluding hydrogens is 608 g/mol. The van der Waals surface area contributed by atoms with Crippen LogP contribution in [-0.2, 0) is 33.2 Å². The molecule has 15 unspecified atom stereocenters. The lowest BCUT2D eigenvalue weighted by molar-refractivity contribution is -0.255. The van der Waals surface area contributed by atoms with Crippen molar-refractivity contribution in [2.45, 2.75) is 168 Å². The summed E-state index contributed by atoms with van der Waals surface area (Å²) < 4.78 is 42.9. The zero-order valence-electron chi connectivity index (χ0n) is 31.3. The van der Waals surface area contributed by atoms with Gasteiger partial charge in [-0.25, -0.2) is 4.79 Å². The fourth-order valence-electron chi connectivity index (χ4n) is 15.2. The second-order valence-corrected chi connectivity index (χ2v) is 19.2. The van der Waals surface area contributed by atoms with Gasteiger partial charge in [-0.2, -0.15) is 0 Å². The van der Waals surface area contributed by atoms with E-state index in [0.717, 1.165) is 50.4 Å². The topological polar surface area (TPSA) is 81.7 Å². The summed E-state index contributed by atoms with van der Waals surface area (Å²) in [6.07, 6.45) is 12.0. The first kappa shape index (κ1) is 34.2. The minimum Gasteiger partial charge on any atom is -0.424 e. The van der Waals surface area contributed by atoms with Crippen molar-refractivity contribution >= 4 is 6.16 Å². The standard InChI is InChI=1S/C40H64O8/c1-10-24-21-38(8,33-36(5,6)48-34(41)46-33)47-28-20-27-26-11-12-29-35(3,4)30(45-31-19-25(14-18-43-31)44-22-42-9)13-15-40(29)23(2)39(26,40)17-16-37(27,7)32(24)28/h23-33H,10-22H2,1-9H3. The van der Waals surface area contributed by atoms with E-state index in [1.54, 1.807) is 7.11 Å². The predicted molar refractivity (Wildman–Crippen MR) is 180 cm³/mol. The monoisotopic (exact) mass is 672 g/mol. The van der Waals surface area contributed by atoms with Crippen LogP contribution in [0.2, 0.25) is 0 Å². The van der Waals surface area contributed by atoms with Crippen LogP contribution < -0.4 is 0 Å². The highest BCUT2D eigenvalue weighted by molar-refractivity contribution is 5.63. The van der Waals surface area contributed by atoms with Crippen LogP contribution in [0, 0.1) is 57.2 Å². The van der Waals surface area contributed by atoms with Crippen LogP contribution in [0.5, 0.6) is 0 Å². The largest absolute Gasteiger partial charge is 0.509 e. The molecule has 0 aromatic heterocycles. The molecule has 8 fully saturated rings. The number of methoxy groups -OCH3 is 1. The molecule has 272 valence electrons. The lowest BCUT2D eigenvalue weighted by Gasteiger charge is -2.60. The molecule has 2 spiro atoms. The third-order valence-corrected chi connectivity index (χ3v) is 16.8. The van der Waals surface area contributed by atoms with Crippen molar-refractivity contribution in [3.05, 3.63) is 0 Å². The summed E-state index contributed by atoms with van der Waals surface area (Å²) in [5.74, 6) is 4.01. The smallest absolute Gasteiger partial charge is 0.424 e. The Balaban J connectivity index is 1.02. The lowest BCUT2D eigenvalue weighted by Crippen LogP contribution is -2.59. The van der Waals surface area contributed by atoms with Crippen LogP contribution >= 0.6 is 0 Å². The van der Waals surface area contributed by atoms with Gasteiger partial charge < -0.3 is 33.2 Å². The number of hydrogen-bond acceptors (Lipinski definition) is 8. The molecule has 48 heavy (non-hydrogen) atoms. The summed E-state index contributed by atoms with van der Waals surface area (Å²) in [7, 11) is 1.68. The SMILES string of the molecule is CCC1CC(C)(C2OC(=O)OC2(C)C)OC2CC3C4CCC5C(C)(C)C(OC6CC(OCOC)CCO6)CCC56C(C)C46CCC3(C)C12. The molecule has 3 aliphatic heterocycles. The number of carbonyl (C=O) groups excluding carboxylic acids is 1. The van der Waals surface area contributed by atoms with E-state index in [4.69, 9.17) is 33.2 Å². The van der Waals surface area contributed by atoms with Gasteiger partial charge in [-0.05, 0) is 136 Å². The highest BCUT2D eigenvalue weighted by Gasteiger charge is 2.85. The summed E-state index contributed by atoms with van der Waals surface area (Å²) in [4.78, 5) is 12.3. The van der Waals surface area contributed by atoms with E-state index in [0.29, 0.717) is 53.3 Å². The Labute approximate surface area is 289 Å². The second-order valence-electron chi connectivity index (χ2n) is 19.2. The normalized spacial score (nSPS) is 54.5. The first-order valence-corrected chi connectivity index (χ1v) is 19.6. The van der Waals surface area contributed by atoms with Gasteiger partial charge in [0.2, 0.25) is 0 Å². The molecule has 0 bridgehead atoms. The molecule has 3 heterocycles. The van der Waals surface area contributed by atoms with E-state index in [1.165, 1.54) is 32.1 Å². The molecule has 5 saturated carbocycles. The number of rotatable bonds is 7. The molecule has 0 N–H and O–H groups in total. The van der Waals surface area contributed by atoms with Crippen LogP contribution in [0.4, 0.5) is 4.79 Å². The number of ether oxygens (including phenoxy) is 7. The molecule has 0 aromatic rings. The van der Waals surface area contributed by atoms with Crippen LogP contribution in [0.3, 0.4) is 0 Å². The number of fused-ring (bicyclic) bond motifs is 4. The molecular formula is C40H64O8. The summed E-state index contributed by atoms with van der Waals surface area (Å²) in [6, 6.07) is 0. The van der Waals surface area contributed by atoms with E-state index in [9.17, 15) is 4.79 Å². The van der Waals surface area contributed by atoms with Crippen LogP contribution in [0.25, 0.3) is 0 Å². The summed E-state index contributed by atoms with van der Waals surface area (Å²) in [5, 5.41) is 0. The van der Waals surface area contributed by atoms with Gasteiger partial charge in [0.05, 0.1) is 24.9 Å². The summed E-state index contributed by atoms with van der Waals surface area (Å²) in [6.45, 7) is 19.9. The Kier molecular flexibility index (Phi) is 8.03. The highest BCUT2D eigenvalue weighted by atomic mass is 16.8. The fourth-order valence-corrected chi connectivity index (χ4v) is 15.2. The maximum absolute atomic E-state index is 12.3. The molecule has 0 amide bonds. The average Bonchev–Trinajstić information content (AvgIpc) is 3.22. The second kappa shape index (κ2) is 11.3. The molecule has 8 aliphatic rings. The van der Waals surface area contributed by atoms with E-state index >= 15 is 0 Å². The molecule has 3 saturated heterocycles. The quantitative estimate of drug-likeness (QED) is 0.152. The third-order valence-electron chi connectivity index (χ3n) is 16.8. The zero-order valence-corrected chi connectivity index (χ0v) is 31.3. The van der Waals surface area contributed by atoms with Crippen molar-refractivity contribution in [1.82, 2.24) is 0 Å². The van der Waals surface area contributed by atoms with E-state index in [2.05, 4.69) is 41.5 Å². The Bertz CT molecular complexity index is 1270. The molecule has 0 aromatic carbocycles. The third kappa shape index (κ3) is 4.53. The van der Waals surface area contributed by atoms with Gasteiger partial charge in [0.1, 0.15) is 18.0 Å². The molecule has 8 nitrogen and oxygen atoms in total. The zero-order chi connectivity index (χ0) is 34.1. The van der Waals surface area contributed by atoms with Gasteiger partial charge in [0.25, 0.3) is 0 Å². The van der Waals surface area contributed by atoms with E-state index < -0.39 is 17.4 Å². The number of cyclic esters (lactones) is 2. The molecule has 5 aliphatic carbocycles. The van der Waals surface area contributed by atoms with Crippen molar-refractivity contribution in [3.8, 4) is 0 Å². The van der Waals surface area contributed by atoms with Crippen LogP contribution in [-0.4, -0.2) is 68.6 Å². The molecule has 15 atom stereocenters.